The predicted molar refractivity (Wildman–Crippen MR) is 40.4 cm³/mol. The van der Waals surface area contributed by atoms with Gasteiger partial charge in [0.2, 0.25) is 0 Å². The zero-order valence-electron chi connectivity index (χ0n) is 6.66. The van der Waals surface area contributed by atoms with Gasteiger partial charge in [-0.05, 0) is 6.42 Å². The Balaban J connectivity index is 0.000000480. The molecule has 0 bridgehead atoms. The summed E-state index contributed by atoms with van der Waals surface area (Å²) in [5.41, 5.74) is 7.23. The first-order valence-electron chi connectivity index (χ1n) is 4.16. The smallest absolute Gasteiger partial charge is 0 e. The van der Waals surface area contributed by atoms with Crippen molar-refractivity contribution in [3.05, 3.63) is 22.8 Å². The molecule has 3 aliphatic carbocycles. The van der Waals surface area contributed by atoms with Gasteiger partial charge in [-0.15, -0.1) is 5.57 Å². The third-order valence-electron chi connectivity index (χ3n) is 3.55. The van der Waals surface area contributed by atoms with Crippen LogP contribution in [0, 0.1) is 11.3 Å². The van der Waals surface area contributed by atoms with E-state index in [1.54, 1.807) is 11.5 Å². The molecule has 0 aliphatic heterocycles. The standard InChI is InChI=1S/C10H11.Ir/c1-7-6-8-2-4-10(8)5-3-9(7)10;/h2-5H2,1H3;/q-1;. The molecule has 0 aromatic carbocycles. The Labute approximate surface area is 81.1 Å². The Morgan fingerprint density at radius 1 is 1.45 bits per heavy atom. The van der Waals surface area contributed by atoms with Gasteiger partial charge in [-0.2, -0.15) is 11.5 Å². The molecule has 3 aliphatic rings. The summed E-state index contributed by atoms with van der Waals surface area (Å²) in [6.45, 7) is 2.22. The molecule has 0 saturated heterocycles. The van der Waals surface area contributed by atoms with E-state index in [1.807, 2.05) is 0 Å². The predicted octanol–water partition coefficient (Wildman–Crippen LogP) is 2.62. The van der Waals surface area contributed by atoms with Gasteiger partial charge in [0.15, 0.2) is 0 Å². The van der Waals surface area contributed by atoms with Crippen LogP contribution in [0.2, 0.25) is 0 Å². The number of allylic oxidation sites excluding steroid dienone is 1. The van der Waals surface area contributed by atoms with E-state index in [-0.39, 0.29) is 20.1 Å². The fourth-order valence-corrected chi connectivity index (χ4v) is 2.74. The van der Waals surface area contributed by atoms with E-state index in [2.05, 4.69) is 12.7 Å². The van der Waals surface area contributed by atoms with Crippen LogP contribution in [-0.2, 0) is 20.1 Å². The molecule has 2 saturated carbocycles. The zero-order valence-corrected chi connectivity index (χ0v) is 9.06. The molecular formula is C10H11Ir-. The Morgan fingerprint density at radius 3 is 2.55 bits per heavy atom. The fraction of sp³-hybridized carbons (Fsp3) is 0.600. The molecule has 1 radical (unpaired) electrons. The van der Waals surface area contributed by atoms with E-state index in [9.17, 15) is 0 Å². The minimum absolute atomic E-state index is 0. The molecule has 3 rings (SSSR count). The summed E-state index contributed by atoms with van der Waals surface area (Å²) in [5.74, 6) is 1.73. The number of rotatable bonds is 0. The second-order valence-corrected chi connectivity index (χ2v) is 3.79. The van der Waals surface area contributed by atoms with Crippen LogP contribution in [0.3, 0.4) is 0 Å². The Bertz CT molecular complexity index is 267. The molecule has 0 heterocycles. The van der Waals surface area contributed by atoms with Crippen LogP contribution in [0.15, 0.2) is 16.9 Å². The largest absolute Gasteiger partial charge is 0.347 e. The molecule has 0 aromatic heterocycles. The second-order valence-electron chi connectivity index (χ2n) is 3.79. The summed E-state index contributed by atoms with van der Waals surface area (Å²) in [7, 11) is 0. The second kappa shape index (κ2) is 2.04. The molecule has 0 nitrogen and oxygen atoms in total. The summed E-state index contributed by atoms with van der Waals surface area (Å²) in [6, 6.07) is 0. The molecule has 1 atom stereocenters. The minimum atomic E-state index is 0. The van der Waals surface area contributed by atoms with Gasteiger partial charge in [0, 0.05) is 20.1 Å². The summed E-state index contributed by atoms with van der Waals surface area (Å²) in [6.07, 6.45) is 5.56. The van der Waals surface area contributed by atoms with Crippen LogP contribution in [0.4, 0.5) is 0 Å². The Morgan fingerprint density at radius 2 is 2.27 bits per heavy atom. The summed E-state index contributed by atoms with van der Waals surface area (Å²) < 4.78 is 0. The van der Waals surface area contributed by atoms with Crippen LogP contribution in [0.5, 0.6) is 0 Å². The molecule has 1 heteroatoms. The molecule has 0 N–H and O–H groups in total. The quantitative estimate of drug-likeness (QED) is 0.475. The topological polar surface area (TPSA) is 0 Å². The Hall–Kier alpha value is 0.0394. The van der Waals surface area contributed by atoms with Gasteiger partial charge in [-0.1, -0.05) is 31.6 Å². The first kappa shape index (κ1) is 7.68. The van der Waals surface area contributed by atoms with Gasteiger partial charge in [0.25, 0.3) is 0 Å². The van der Waals surface area contributed by atoms with Gasteiger partial charge in [0.1, 0.15) is 0 Å². The monoisotopic (exact) mass is 324 g/mol. The molecule has 0 aromatic rings. The first-order valence-corrected chi connectivity index (χ1v) is 4.16. The van der Waals surface area contributed by atoms with E-state index in [4.69, 9.17) is 0 Å². The van der Waals surface area contributed by atoms with E-state index in [1.165, 1.54) is 31.3 Å². The molecule has 2 fully saturated rings. The van der Waals surface area contributed by atoms with E-state index >= 15 is 0 Å². The third kappa shape index (κ3) is 0.632. The third-order valence-corrected chi connectivity index (χ3v) is 3.55. The van der Waals surface area contributed by atoms with Crippen LogP contribution in [0.25, 0.3) is 0 Å². The van der Waals surface area contributed by atoms with Crippen molar-refractivity contribution in [1.29, 1.82) is 0 Å². The number of hydrogen-bond acceptors (Lipinski definition) is 0. The summed E-state index contributed by atoms with van der Waals surface area (Å²) in [5, 5.41) is 0. The molecule has 61 valence electrons. The maximum Gasteiger partial charge on any atom is 0 e. The van der Waals surface area contributed by atoms with E-state index in [0.29, 0.717) is 5.41 Å². The normalized spacial score (nSPS) is 37.0. The van der Waals surface area contributed by atoms with Crippen molar-refractivity contribution in [2.75, 3.05) is 0 Å². The van der Waals surface area contributed by atoms with E-state index < -0.39 is 0 Å². The Kier molecular flexibility index (Phi) is 1.43. The zero-order chi connectivity index (χ0) is 6.77. The van der Waals surface area contributed by atoms with Crippen LogP contribution in [-0.4, -0.2) is 0 Å². The minimum Gasteiger partial charge on any atom is -0.347 e. The maximum atomic E-state index is 3.50. The van der Waals surface area contributed by atoms with Crippen molar-refractivity contribution in [1.82, 2.24) is 0 Å². The van der Waals surface area contributed by atoms with Crippen molar-refractivity contribution >= 4 is 0 Å². The molecular weight excluding hydrogens is 312 g/mol. The summed E-state index contributed by atoms with van der Waals surface area (Å²) in [4.78, 5) is 0. The molecule has 1 spiro atoms. The fourth-order valence-electron chi connectivity index (χ4n) is 2.74. The van der Waals surface area contributed by atoms with Crippen molar-refractivity contribution in [3.63, 3.8) is 0 Å². The van der Waals surface area contributed by atoms with Crippen LogP contribution in [0.1, 0.15) is 32.6 Å². The summed E-state index contributed by atoms with van der Waals surface area (Å²) >= 11 is 0. The average molecular weight is 323 g/mol. The molecule has 0 amide bonds. The average Bonchev–Trinajstić information content (AvgIpc) is 1.86. The van der Waals surface area contributed by atoms with Gasteiger partial charge in [0.05, 0.1) is 0 Å². The van der Waals surface area contributed by atoms with Crippen molar-refractivity contribution in [2.24, 2.45) is 5.41 Å². The molecule has 1 unspecified atom stereocenters. The van der Waals surface area contributed by atoms with Gasteiger partial charge >= 0.3 is 0 Å². The number of hydrogen-bond donors (Lipinski definition) is 0. The van der Waals surface area contributed by atoms with Gasteiger partial charge < -0.3 is 5.73 Å². The van der Waals surface area contributed by atoms with Gasteiger partial charge in [-0.25, -0.2) is 0 Å². The van der Waals surface area contributed by atoms with Crippen molar-refractivity contribution in [3.8, 4) is 0 Å². The van der Waals surface area contributed by atoms with Gasteiger partial charge in [-0.3, -0.25) is 0 Å². The van der Waals surface area contributed by atoms with Crippen LogP contribution >= 0.6 is 0 Å². The van der Waals surface area contributed by atoms with Crippen LogP contribution < -0.4 is 0 Å². The molecule has 11 heavy (non-hydrogen) atoms. The van der Waals surface area contributed by atoms with Crippen molar-refractivity contribution < 1.29 is 20.1 Å². The van der Waals surface area contributed by atoms with Crippen molar-refractivity contribution in [2.45, 2.75) is 32.6 Å². The first-order chi connectivity index (χ1) is 4.83. The SMILES string of the molecule is CC1=C=C2CCC23CC[C-]13.[Ir]. The van der Waals surface area contributed by atoms with E-state index in [0.717, 1.165) is 0 Å². The maximum absolute atomic E-state index is 3.50.